The highest BCUT2D eigenvalue weighted by molar-refractivity contribution is 7.88. The van der Waals surface area contributed by atoms with E-state index in [0.717, 1.165) is 19.3 Å². The molecule has 1 amide bonds. The van der Waals surface area contributed by atoms with Crippen molar-refractivity contribution in [2.45, 2.75) is 20.4 Å². The van der Waals surface area contributed by atoms with Gasteiger partial charge in [0.15, 0.2) is 5.76 Å². The maximum Gasteiger partial charge on any atom is 0.289 e. The molecule has 2 heterocycles. The molecule has 116 valence electrons. The Labute approximate surface area is 124 Å². The molecule has 2 atom stereocenters. The first kappa shape index (κ1) is 14.6. The van der Waals surface area contributed by atoms with E-state index in [-0.39, 0.29) is 18.2 Å². The molecule has 21 heavy (non-hydrogen) atoms. The average molecular weight is 312 g/mol. The Balaban J connectivity index is 1.61. The largest absolute Gasteiger partial charge is 0.455 e. The smallest absolute Gasteiger partial charge is 0.289 e. The number of nitrogens with zero attached hydrogens (tertiary/aromatic N) is 1. The molecule has 1 aliphatic heterocycles. The molecule has 2 fully saturated rings. The van der Waals surface area contributed by atoms with Gasteiger partial charge in [0.1, 0.15) is 5.76 Å². The minimum absolute atomic E-state index is 0.0599. The van der Waals surface area contributed by atoms with Crippen LogP contribution in [0.3, 0.4) is 0 Å². The van der Waals surface area contributed by atoms with Crippen LogP contribution in [0.1, 0.15) is 30.2 Å². The van der Waals surface area contributed by atoms with E-state index in [0.29, 0.717) is 23.0 Å². The number of likely N-dealkylation sites (tertiary alicyclic amines) is 1. The Hall–Kier alpha value is -1.34. The predicted molar refractivity (Wildman–Crippen MR) is 77.1 cm³/mol. The van der Waals surface area contributed by atoms with E-state index in [9.17, 15) is 13.2 Å². The van der Waals surface area contributed by atoms with Crippen molar-refractivity contribution in [2.24, 2.45) is 17.3 Å². The van der Waals surface area contributed by atoms with Gasteiger partial charge in [-0.25, -0.2) is 13.1 Å². The second-order valence-electron chi connectivity index (χ2n) is 6.60. The minimum atomic E-state index is -3.27. The third-order valence-electron chi connectivity index (χ3n) is 4.79. The summed E-state index contributed by atoms with van der Waals surface area (Å²) in [6, 6.07) is 3.24. The Bertz CT molecular complexity index is 663. The fraction of sp³-hybridized carbons (Fsp3) is 0.643. The summed E-state index contributed by atoms with van der Waals surface area (Å²) < 4.78 is 29.8. The zero-order chi connectivity index (χ0) is 15.4. The zero-order valence-corrected chi connectivity index (χ0v) is 13.2. The van der Waals surface area contributed by atoms with E-state index in [2.05, 4.69) is 18.6 Å². The number of rotatable bonds is 4. The van der Waals surface area contributed by atoms with Gasteiger partial charge in [0.25, 0.3) is 5.91 Å². The van der Waals surface area contributed by atoms with Crippen LogP contribution in [0.15, 0.2) is 16.5 Å². The number of fused-ring (bicyclic) bond motifs is 1. The van der Waals surface area contributed by atoms with Crippen molar-refractivity contribution in [3.05, 3.63) is 23.7 Å². The molecule has 0 radical (unpaired) electrons. The van der Waals surface area contributed by atoms with Crippen LogP contribution in [-0.2, 0) is 16.6 Å². The minimum Gasteiger partial charge on any atom is -0.455 e. The van der Waals surface area contributed by atoms with Crippen molar-refractivity contribution >= 4 is 15.9 Å². The van der Waals surface area contributed by atoms with Crippen LogP contribution in [0.2, 0.25) is 0 Å². The third-order valence-corrected chi connectivity index (χ3v) is 5.46. The summed E-state index contributed by atoms with van der Waals surface area (Å²) >= 11 is 0. The van der Waals surface area contributed by atoms with Gasteiger partial charge >= 0.3 is 0 Å². The molecular weight excluding hydrogens is 292 g/mol. The molecule has 1 N–H and O–H groups in total. The molecule has 6 nitrogen and oxygen atoms in total. The van der Waals surface area contributed by atoms with E-state index >= 15 is 0 Å². The third kappa shape index (κ3) is 2.72. The van der Waals surface area contributed by atoms with Gasteiger partial charge in [0, 0.05) is 13.1 Å². The standard InChI is InChI=1S/C14H20N2O4S/c1-14(2)10-7-16(8-11(10)14)13(17)12-5-4-9(20-12)6-15-21(3,18)19/h4-5,10-11,15H,6-8H2,1-3H3/t10-,11+. The molecule has 0 unspecified atom stereocenters. The van der Waals surface area contributed by atoms with Crippen LogP contribution in [0.5, 0.6) is 0 Å². The van der Waals surface area contributed by atoms with Gasteiger partial charge in [-0.2, -0.15) is 0 Å². The number of furan rings is 1. The van der Waals surface area contributed by atoms with Crippen molar-refractivity contribution in [2.75, 3.05) is 19.3 Å². The Kier molecular flexibility index (Phi) is 3.18. The summed E-state index contributed by atoms with van der Waals surface area (Å²) in [6.07, 6.45) is 1.08. The Morgan fingerprint density at radius 1 is 1.38 bits per heavy atom. The molecule has 3 rings (SSSR count). The van der Waals surface area contributed by atoms with Gasteiger partial charge in [-0.15, -0.1) is 0 Å². The second kappa shape index (κ2) is 4.58. The van der Waals surface area contributed by atoms with Crippen LogP contribution in [-0.4, -0.2) is 38.6 Å². The molecule has 2 aliphatic rings. The van der Waals surface area contributed by atoms with Gasteiger partial charge in [-0.3, -0.25) is 4.79 Å². The zero-order valence-electron chi connectivity index (χ0n) is 12.4. The normalized spacial score (nSPS) is 26.7. The first-order valence-electron chi connectivity index (χ1n) is 7.01. The molecule has 1 aromatic heterocycles. The van der Waals surface area contributed by atoms with Crippen LogP contribution in [0.4, 0.5) is 0 Å². The topological polar surface area (TPSA) is 79.6 Å². The number of piperidine rings is 1. The highest BCUT2D eigenvalue weighted by Gasteiger charge is 2.62. The lowest BCUT2D eigenvalue weighted by molar-refractivity contribution is 0.0724. The maximum absolute atomic E-state index is 12.3. The summed E-state index contributed by atoms with van der Waals surface area (Å²) in [5.74, 6) is 1.81. The Morgan fingerprint density at radius 2 is 2.00 bits per heavy atom. The van der Waals surface area contributed by atoms with Crippen LogP contribution in [0.25, 0.3) is 0 Å². The molecular formula is C14H20N2O4S. The number of sulfonamides is 1. The highest BCUT2D eigenvalue weighted by Crippen LogP contribution is 2.62. The van der Waals surface area contributed by atoms with Crippen LogP contribution < -0.4 is 4.72 Å². The van der Waals surface area contributed by atoms with Gasteiger partial charge in [-0.05, 0) is 29.4 Å². The monoisotopic (exact) mass is 312 g/mol. The van der Waals surface area contributed by atoms with E-state index in [1.165, 1.54) is 0 Å². The van der Waals surface area contributed by atoms with Crippen molar-refractivity contribution in [1.29, 1.82) is 0 Å². The van der Waals surface area contributed by atoms with E-state index < -0.39 is 10.0 Å². The SMILES string of the molecule is CC1(C)[C@@H]2CN(C(=O)c3ccc(CNS(C)(=O)=O)o3)C[C@@H]21. The van der Waals surface area contributed by atoms with Gasteiger partial charge in [-0.1, -0.05) is 13.8 Å². The number of hydrogen-bond acceptors (Lipinski definition) is 4. The fourth-order valence-corrected chi connectivity index (χ4v) is 3.65. The molecule has 1 aliphatic carbocycles. The summed E-state index contributed by atoms with van der Waals surface area (Å²) in [6.45, 7) is 6.12. The molecule has 1 saturated carbocycles. The van der Waals surface area contributed by atoms with Gasteiger partial charge in [0.05, 0.1) is 12.8 Å². The van der Waals surface area contributed by atoms with Crippen LogP contribution in [0, 0.1) is 17.3 Å². The van der Waals surface area contributed by atoms with Crippen molar-refractivity contribution in [3.8, 4) is 0 Å². The number of carbonyl (C=O) groups excluding carboxylic acids is 1. The number of amides is 1. The molecule has 0 aromatic carbocycles. The molecule has 1 aromatic rings. The second-order valence-corrected chi connectivity index (χ2v) is 8.44. The van der Waals surface area contributed by atoms with Crippen molar-refractivity contribution < 1.29 is 17.6 Å². The first-order valence-corrected chi connectivity index (χ1v) is 8.90. The molecule has 7 heteroatoms. The Morgan fingerprint density at radius 3 is 2.57 bits per heavy atom. The lowest BCUT2D eigenvalue weighted by atomic mass is 10.1. The quantitative estimate of drug-likeness (QED) is 0.901. The number of hydrogen-bond donors (Lipinski definition) is 1. The summed E-state index contributed by atoms with van der Waals surface area (Å²) in [4.78, 5) is 14.2. The molecule has 0 bridgehead atoms. The maximum atomic E-state index is 12.3. The fourth-order valence-electron chi connectivity index (χ4n) is 3.24. The first-order chi connectivity index (χ1) is 9.68. The van der Waals surface area contributed by atoms with E-state index in [4.69, 9.17) is 4.42 Å². The van der Waals surface area contributed by atoms with E-state index in [1.807, 2.05) is 4.90 Å². The molecule has 0 spiro atoms. The van der Waals surface area contributed by atoms with Crippen molar-refractivity contribution in [3.63, 3.8) is 0 Å². The van der Waals surface area contributed by atoms with Gasteiger partial charge < -0.3 is 9.32 Å². The lowest BCUT2D eigenvalue weighted by Crippen LogP contribution is -2.32. The number of carbonyl (C=O) groups is 1. The highest BCUT2D eigenvalue weighted by atomic mass is 32.2. The number of nitrogens with one attached hydrogen (secondary N) is 1. The predicted octanol–water partition coefficient (Wildman–Crippen LogP) is 1.06. The van der Waals surface area contributed by atoms with E-state index in [1.54, 1.807) is 12.1 Å². The van der Waals surface area contributed by atoms with Gasteiger partial charge in [0.2, 0.25) is 10.0 Å². The van der Waals surface area contributed by atoms with Crippen molar-refractivity contribution in [1.82, 2.24) is 9.62 Å². The summed E-state index contributed by atoms with van der Waals surface area (Å²) in [7, 11) is -3.27. The summed E-state index contributed by atoms with van der Waals surface area (Å²) in [5, 5.41) is 0. The lowest BCUT2D eigenvalue weighted by Gasteiger charge is -2.20. The molecule has 1 saturated heterocycles. The summed E-state index contributed by atoms with van der Waals surface area (Å²) in [5.41, 5.74) is 0.366. The average Bonchev–Trinajstić information content (AvgIpc) is 2.89. The van der Waals surface area contributed by atoms with Crippen LogP contribution >= 0.6 is 0 Å².